The summed E-state index contributed by atoms with van der Waals surface area (Å²) in [7, 11) is 0. The van der Waals surface area contributed by atoms with E-state index in [1.54, 1.807) is 18.3 Å². The summed E-state index contributed by atoms with van der Waals surface area (Å²) < 4.78 is 14.5. The number of rotatable bonds is 3. The van der Waals surface area contributed by atoms with Crippen LogP contribution in [0.15, 0.2) is 50.9 Å². The second-order valence-corrected chi connectivity index (χ2v) is 5.34. The van der Waals surface area contributed by atoms with Crippen LogP contribution in [0.2, 0.25) is 0 Å². The predicted octanol–water partition coefficient (Wildman–Crippen LogP) is 3.83. The summed E-state index contributed by atoms with van der Waals surface area (Å²) in [6.45, 7) is 0. The third-order valence-electron chi connectivity index (χ3n) is 2.09. The predicted molar refractivity (Wildman–Crippen MR) is 69.4 cm³/mol. The van der Waals surface area contributed by atoms with Gasteiger partial charge in [0.25, 0.3) is 0 Å². The number of nitrogens with zero attached hydrogens (tertiary/aromatic N) is 1. The molecule has 2 rings (SSSR count). The minimum absolute atomic E-state index is 0.0689. The van der Waals surface area contributed by atoms with E-state index < -0.39 is 11.8 Å². The number of aromatic nitrogens is 1. The van der Waals surface area contributed by atoms with Crippen molar-refractivity contribution in [3.63, 3.8) is 0 Å². The van der Waals surface area contributed by atoms with E-state index in [1.807, 2.05) is 0 Å². The van der Waals surface area contributed by atoms with E-state index in [0.29, 0.717) is 9.92 Å². The Hall–Kier alpha value is -1.40. The van der Waals surface area contributed by atoms with Crippen LogP contribution in [0.25, 0.3) is 0 Å². The normalized spacial score (nSPS) is 10.3. The second kappa shape index (κ2) is 5.49. The summed E-state index contributed by atoms with van der Waals surface area (Å²) in [6, 6.07) is 7.36. The Morgan fingerprint density at radius 3 is 2.67 bits per heavy atom. The smallest absolute Gasteiger partial charge is 0.335 e. The van der Waals surface area contributed by atoms with Crippen LogP contribution in [-0.4, -0.2) is 16.1 Å². The van der Waals surface area contributed by atoms with Gasteiger partial charge in [-0.25, -0.2) is 14.2 Å². The zero-order chi connectivity index (χ0) is 13.1. The summed E-state index contributed by atoms with van der Waals surface area (Å²) in [6.07, 6.45) is 1.62. The molecular weight excluding hydrogens is 321 g/mol. The number of carboxylic acid groups (broad SMARTS) is 1. The van der Waals surface area contributed by atoms with Crippen LogP contribution < -0.4 is 0 Å². The van der Waals surface area contributed by atoms with Crippen molar-refractivity contribution < 1.29 is 14.3 Å². The van der Waals surface area contributed by atoms with Gasteiger partial charge in [-0.05, 0) is 46.3 Å². The molecule has 0 unspecified atom stereocenters. The van der Waals surface area contributed by atoms with Gasteiger partial charge in [0.05, 0.1) is 5.56 Å². The fourth-order valence-corrected chi connectivity index (χ4v) is 2.25. The lowest BCUT2D eigenvalue weighted by Gasteiger charge is -2.03. The highest BCUT2D eigenvalue weighted by Gasteiger charge is 2.09. The van der Waals surface area contributed by atoms with Gasteiger partial charge in [-0.1, -0.05) is 11.8 Å². The average Bonchev–Trinajstić information content (AvgIpc) is 2.34. The quantitative estimate of drug-likeness (QED) is 0.930. The Kier molecular flexibility index (Phi) is 3.98. The molecule has 0 aliphatic carbocycles. The number of carboxylic acids is 1. The van der Waals surface area contributed by atoms with Gasteiger partial charge in [0, 0.05) is 15.6 Å². The average molecular weight is 328 g/mol. The molecule has 0 saturated carbocycles. The topological polar surface area (TPSA) is 50.2 Å². The van der Waals surface area contributed by atoms with Crippen LogP contribution in [0.1, 0.15) is 10.4 Å². The van der Waals surface area contributed by atoms with Gasteiger partial charge in [-0.2, -0.15) is 0 Å². The SMILES string of the molecule is O=C(O)c1ccc(Sc2ccc(Br)cn2)c(F)c1. The number of halogens is 2. The Morgan fingerprint density at radius 2 is 2.11 bits per heavy atom. The van der Waals surface area contributed by atoms with E-state index in [9.17, 15) is 9.18 Å². The number of pyridine rings is 1. The molecule has 1 aromatic carbocycles. The first-order valence-electron chi connectivity index (χ1n) is 4.88. The lowest BCUT2D eigenvalue weighted by molar-refractivity contribution is 0.0696. The van der Waals surface area contributed by atoms with Crippen LogP contribution in [0.4, 0.5) is 4.39 Å². The van der Waals surface area contributed by atoms with E-state index in [0.717, 1.165) is 22.3 Å². The first-order valence-corrected chi connectivity index (χ1v) is 6.49. The summed E-state index contributed by atoms with van der Waals surface area (Å²) in [4.78, 5) is 15.1. The van der Waals surface area contributed by atoms with E-state index in [-0.39, 0.29) is 5.56 Å². The van der Waals surface area contributed by atoms with Crippen molar-refractivity contribution in [2.24, 2.45) is 0 Å². The van der Waals surface area contributed by atoms with Crippen molar-refractivity contribution in [3.8, 4) is 0 Å². The van der Waals surface area contributed by atoms with Crippen molar-refractivity contribution in [1.29, 1.82) is 0 Å². The van der Waals surface area contributed by atoms with E-state index >= 15 is 0 Å². The maximum Gasteiger partial charge on any atom is 0.335 e. The first kappa shape index (κ1) is 13.0. The highest BCUT2D eigenvalue weighted by Crippen LogP contribution is 2.29. The van der Waals surface area contributed by atoms with E-state index in [4.69, 9.17) is 5.11 Å². The minimum atomic E-state index is -1.15. The molecule has 92 valence electrons. The molecule has 0 spiro atoms. The maximum atomic E-state index is 13.7. The molecule has 6 heteroatoms. The van der Waals surface area contributed by atoms with Crippen molar-refractivity contribution in [2.45, 2.75) is 9.92 Å². The van der Waals surface area contributed by atoms with Crippen LogP contribution in [-0.2, 0) is 0 Å². The molecule has 1 heterocycles. The molecule has 0 amide bonds. The van der Waals surface area contributed by atoms with Crippen LogP contribution in [0.3, 0.4) is 0 Å². The van der Waals surface area contributed by atoms with E-state index in [2.05, 4.69) is 20.9 Å². The lowest BCUT2D eigenvalue weighted by atomic mass is 10.2. The van der Waals surface area contributed by atoms with Gasteiger partial charge in [0.2, 0.25) is 0 Å². The summed E-state index contributed by atoms with van der Waals surface area (Å²) in [5.74, 6) is -1.71. The van der Waals surface area contributed by atoms with Crippen molar-refractivity contribution in [1.82, 2.24) is 4.98 Å². The molecule has 18 heavy (non-hydrogen) atoms. The lowest BCUT2D eigenvalue weighted by Crippen LogP contribution is -1.97. The van der Waals surface area contributed by atoms with Gasteiger partial charge < -0.3 is 5.11 Å². The molecule has 0 aliphatic rings. The third kappa shape index (κ3) is 3.08. The molecule has 1 N–H and O–H groups in total. The molecule has 0 radical (unpaired) electrons. The Labute approximate surface area is 115 Å². The number of aromatic carboxylic acids is 1. The summed E-state index contributed by atoms with van der Waals surface area (Å²) in [5, 5.41) is 9.37. The molecule has 0 aliphatic heterocycles. The molecule has 0 atom stereocenters. The maximum absolute atomic E-state index is 13.7. The Balaban J connectivity index is 2.24. The monoisotopic (exact) mass is 327 g/mol. The fourth-order valence-electron chi connectivity index (χ4n) is 1.25. The zero-order valence-electron chi connectivity index (χ0n) is 8.93. The summed E-state index contributed by atoms with van der Waals surface area (Å²) in [5.41, 5.74) is -0.0689. The van der Waals surface area contributed by atoms with Gasteiger partial charge in [-0.15, -0.1) is 0 Å². The van der Waals surface area contributed by atoms with E-state index in [1.165, 1.54) is 12.1 Å². The molecule has 0 bridgehead atoms. The molecule has 0 saturated heterocycles. The van der Waals surface area contributed by atoms with Crippen LogP contribution in [0.5, 0.6) is 0 Å². The van der Waals surface area contributed by atoms with Crippen molar-refractivity contribution in [3.05, 3.63) is 52.4 Å². The van der Waals surface area contributed by atoms with Crippen LogP contribution in [0, 0.1) is 5.82 Å². The number of hydrogen-bond acceptors (Lipinski definition) is 3. The molecule has 0 fully saturated rings. The standard InChI is InChI=1S/C12H7BrFNO2S/c13-8-2-4-11(15-6-8)18-10-3-1-7(12(16)17)5-9(10)14/h1-6H,(H,16,17). The second-order valence-electron chi connectivity index (χ2n) is 3.37. The van der Waals surface area contributed by atoms with Crippen LogP contribution >= 0.6 is 27.7 Å². The molecular formula is C12H7BrFNO2S. The van der Waals surface area contributed by atoms with Crippen molar-refractivity contribution in [2.75, 3.05) is 0 Å². The fraction of sp³-hybridized carbons (Fsp3) is 0. The highest BCUT2D eigenvalue weighted by atomic mass is 79.9. The van der Waals surface area contributed by atoms with Gasteiger partial charge >= 0.3 is 5.97 Å². The first-order chi connectivity index (χ1) is 8.56. The molecule has 3 nitrogen and oxygen atoms in total. The Bertz CT molecular complexity index is 589. The zero-order valence-corrected chi connectivity index (χ0v) is 11.3. The number of benzene rings is 1. The van der Waals surface area contributed by atoms with Crippen molar-refractivity contribution >= 4 is 33.7 Å². The molecule has 1 aromatic heterocycles. The number of hydrogen-bond donors (Lipinski definition) is 1. The number of carbonyl (C=O) groups is 1. The molecule has 2 aromatic rings. The van der Waals surface area contributed by atoms with Gasteiger partial charge in [0.15, 0.2) is 0 Å². The van der Waals surface area contributed by atoms with Gasteiger partial charge in [0.1, 0.15) is 10.8 Å². The van der Waals surface area contributed by atoms with Gasteiger partial charge in [-0.3, -0.25) is 0 Å². The third-order valence-corrected chi connectivity index (χ3v) is 3.56. The summed E-state index contributed by atoms with van der Waals surface area (Å²) >= 11 is 4.40. The highest BCUT2D eigenvalue weighted by molar-refractivity contribution is 9.10. The largest absolute Gasteiger partial charge is 0.478 e. The minimum Gasteiger partial charge on any atom is -0.478 e. The Morgan fingerprint density at radius 1 is 1.33 bits per heavy atom.